The number of anilines is 1. The molecular formula is C12H18ClNO4S. The first-order chi connectivity index (χ1) is 8.72. The Bertz CT molecular complexity index is 511. The molecular weight excluding hydrogens is 290 g/mol. The Labute approximate surface area is 119 Å². The highest BCUT2D eigenvalue weighted by Crippen LogP contribution is 2.24. The van der Waals surface area contributed by atoms with Crippen LogP contribution in [0.1, 0.15) is 6.92 Å². The topological polar surface area (TPSA) is 55.8 Å². The lowest BCUT2D eigenvalue weighted by molar-refractivity contribution is -0.184. The molecule has 0 fully saturated rings. The van der Waals surface area contributed by atoms with Crippen LogP contribution in [0.15, 0.2) is 24.3 Å². The first-order valence-electron chi connectivity index (χ1n) is 5.55. The lowest BCUT2D eigenvalue weighted by Crippen LogP contribution is -2.46. The van der Waals surface area contributed by atoms with Gasteiger partial charge in [-0.2, -0.15) is 0 Å². The van der Waals surface area contributed by atoms with Crippen LogP contribution in [0.25, 0.3) is 0 Å². The Morgan fingerprint density at radius 1 is 1.21 bits per heavy atom. The van der Waals surface area contributed by atoms with E-state index < -0.39 is 15.8 Å². The van der Waals surface area contributed by atoms with Gasteiger partial charge in [-0.3, -0.25) is 4.31 Å². The molecule has 0 heterocycles. The molecule has 0 aliphatic carbocycles. The van der Waals surface area contributed by atoms with Crippen molar-refractivity contribution in [1.82, 2.24) is 0 Å². The molecule has 0 atom stereocenters. The highest BCUT2D eigenvalue weighted by molar-refractivity contribution is 7.92. The molecule has 0 aliphatic heterocycles. The Kier molecular flexibility index (Phi) is 5.20. The van der Waals surface area contributed by atoms with Crippen molar-refractivity contribution in [2.45, 2.75) is 12.7 Å². The summed E-state index contributed by atoms with van der Waals surface area (Å²) in [6.07, 6.45) is 1.13. The lowest BCUT2D eigenvalue weighted by Gasteiger charge is -2.33. The number of benzene rings is 1. The van der Waals surface area contributed by atoms with Crippen molar-refractivity contribution in [2.24, 2.45) is 0 Å². The molecule has 1 aromatic rings. The van der Waals surface area contributed by atoms with E-state index in [-0.39, 0.29) is 6.54 Å². The highest BCUT2D eigenvalue weighted by atomic mass is 35.5. The van der Waals surface area contributed by atoms with Crippen LogP contribution in [0.5, 0.6) is 0 Å². The Balaban J connectivity index is 3.14. The fourth-order valence-corrected chi connectivity index (χ4v) is 2.58. The van der Waals surface area contributed by atoms with Crippen LogP contribution < -0.4 is 4.31 Å². The van der Waals surface area contributed by atoms with E-state index in [1.807, 2.05) is 0 Å². The van der Waals surface area contributed by atoms with E-state index >= 15 is 0 Å². The molecule has 19 heavy (non-hydrogen) atoms. The molecule has 5 nitrogen and oxygen atoms in total. The van der Waals surface area contributed by atoms with E-state index in [2.05, 4.69) is 0 Å². The number of halogens is 1. The van der Waals surface area contributed by atoms with Crippen molar-refractivity contribution in [1.29, 1.82) is 0 Å². The van der Waals surface area contributed by atoms with E-state index in [1.54, 1.807) is 31.2 Å². The monoisotopic (exact) mass is 307 g/mol. The maximum atomic E-state index is 11.9. The predicted molar refractivity (Wildman–Crippen MR) is 76.1 cm³/mol. The smallest absolute Gasteiger partial charge is 0.232 e. The third-order valence-electron chi connectivity index (χ3n) is 2.81. The fraction of sp³-hybridized carbons (Fsp3) is 0.500. The Morgan fingerprint density at radius 2 is 1.68 bits per heavy atom. The van der Waals surface area contributed by atoms with Crippen molar-refractivity contribution in [3.8, 4) is 0 Å². The zero-order valence-electron chi connectivity index (χ0n) is 11.4. The largest absolute Gasteiger partial charge is 0.352 e. The lowest BCUT2D eigenvalue weighted by atomic mass is 10.2. The van der Waals surface area contributed by atoms with Gasteiger partial charge in [-0.15, -0.1) is 0 Å². The SMILES string of the molecule is COC(C)(CN(c1ccc(Cl)cc1)S(C)(=O)=O)OC. The summed E-state index contributed by atoms with van der Waals surface area (Å²) in [5, 5.41) is 0.540. The van der Waals surface area contributed by atoms with Gasteiger partial charge in [0.2, 0.25) is 10.0 Å². The van der Waals surface area contributed by atoms with Crippen molar-refractivity contribution < 1.29 is 17.9 Å². The van der Waals surface area contributed by atoms with Gasteiger partial charge >= 0.3 is 0 Å². The van der Waals surface area contributed by atoms with E-state index in [4.69, 9.17) is 21.1 Å². The second-order valence-corrected chi connectivity index (χ2v) is 6.63. The molecule has 0 aromatic heterocycles. The number of rotatable bonds is 6. The van der Waals surface area contributed by atoms with E-state index in [0.717, 1.165) is 6.26 Å². The maximum absolute atomic E-state index is 11.9. The standard InChI is InChI=1S/C12H18ClNO4S/c1-12(17-2,18-3)9-14(19(4,15)16)11-7-5-10(13)6-8-11/h5-8H,9H2,1-4H3. The molecule has 0 radical (unpaired) electrons. The van der Waals surface area contributed by atoms with Crippen molar-refractivity contribution in [3.05, 3.63) is 29.3 Å². The molecule has 0 saturated heterocycles. The predicted octanol–water partition coefficient (Wildman–Crippen LogP) is 2.12. The average Bonchev–Trinajstić information content (AvgIpc) is 2.36. The minimum absolute atomic E-state index is 0.0421. The van der Waals surface area contributed by atoms with Gasteiger partial charge in [0.1, 0.15) is 0 Å². The number of hydrogen-bond acceptors (Lipinski definition) is 4. The van der Waals surface area contributed by atoms with Crippen LogP contribution >= 0.6 is 11.6 Å². The first-order valence-corrected chi connectivity index (χ1v) is 7.78. The maximum Gasteiger partial charge on any atom is 0.232 e. The third kappa shape index (κ3) is 4.35. The molecule has 0 aliphatic rings. The van der Waals surface area contributed by atoms with Gasteiger partial charge in [0, 0.05) is 19.2 Å². The zero-order chi connectivity index (χ0) is 14.7. The van der Waals surface area contributed by atoms with Crippen LogP contribution in [-0.4, -0.2) is 41.2 Å². The molecule has 0 N–H and O–H groups in total. The quantitative estimate of drug-likeness (QED) is 0.755. The van der Waals surface area contributed by atoms with E-state index in [0.29, 0.717) is 10.7 Å². The third-order valence-corrected chi connectivity index (χ3v) is 4.20. The highest BCUT2D eigenvalue weighted by Gasteiger charge is 2.31. The van der Waals surface area contributed by atoms with Crippen LogP contribution in [0, 0.1) is 0 Å². The normalized spacial score (nSPS) is 12.5. The van der Waals surface area contributed by atoms with Gasteiger partial charge < -0.3 is 9.47 Å². The van der Waals surface area contributed by atoms with E-state index in [9.17, 15) is 8.42 Å². The Morgan fingerprint density at radius 3 is 2.05 bits per heavy atom. The molecule has 1 aromatic carbocycles. The van der Waals surface area contributed by atoms with Gasteiger partial charge in [0.05, 0.1) is 18.5 Å². The van der Waals surface area contributed by atoms with Crippen LogP contribution in [0.3, 0.4) is 0 Å². The number of sulfonamides is 1. The van der Waals surface area contributed by atoms with Crippen molar-refractivity contribution in [2.75, 3.05) is 31.3 Å². The summed E-state index contributed by atoms with van der Waals surface area (Å²) < 4.78 is 35.4. The van der Waals surface area contributed by atoms with Crippen LogP contribution in [-0.2, 0) is 19.5 Å². The summed E-state index contributed by atoms with van der Waals surface area (Å²) in [4.78, 5) is 0. The Hall–Kier alpha value is -0.820. The number of hydrogen-bond donors (Lipinski definition) is 0. The zero-order valence-corrected chi connectivity index (χ0v) is 13.0. The van der Waals surface area contributed by atoms with E-state index in [1.165, 1.54) is 18.5 Å². The average molecular weight is 308 g/mol. The van der Waals surface area contributed by atoms with Crippen molar-refractivity contribution in [3.63, 3.8) is 0 Å². The summed E-state index contributed by atoms with van der Waals surface area (Å²) in [6, 6.07) is 6.53. The summed E-state index contributed by atoms with van der Waals surface area (Å²) in [7, 11) is -0.526. The number of ether oxygens (including phenoxy) is 2. The molecule has 108 valence electrons. The molecule has 7 heteroatoms. The summed E-state index contributed by atoms with van der Waals surface area (Å²) in [5.74, 6) is -1.03. The molecule has 0 amide bonds. The second-order valence-electron chi connectivity index (χ2n) is 4.29. The second kappa shape index (κ2) is 6.09. The van der Waals surface area contributed by atoms with Gasteiger partial charge in [0.15, 0.2) is 5.79 Å². The molecule has 1 rings (SSSR count). The number of methoxy groups -OCH3 is 2. The summed E-state index contributed by atoms with van der Waals surface area (Å²) in [5.41, 5.74) is 0.507. The van der Waals surface area contributed by atoms with Gasteiger partial charge in [-0.1, -0.05) is 11.6 Å². The van der Waals surface area contributed by atoms with Crippen LogP contribution in [0.4, 0.5) is 5.69 Å². The van der Waals surface area contributed by atoms with Crippen LogP contribution in [0.2, 0.25) is 5.02 Å². The summed E-state index contributed by atoms with van der Waals surface area (Å²) >= 11 is 5.80. The van der Waals surface area contributed by atoms with Crippen molar-refractivity contribution >= 4 is 27.3 Å². The molecule has 0 saturated carbocycles. The van der Waals surface area contributed by atoms with Gasteiger partial charge in [0.25, 0.3) is 0 Å². The summed E-state index contributed by atoms with van der Waals surface area (Å²) in [6.45, 7) is 1.71. The molecule has 0 spiro atoms. The minimum atomic E-state index is -3.45. The first kappa shape index (κ1) is 16.2. The fourth-order valence-electron chi connectivity index (χ4n) is 1.48. The molecule has 0 bridgehead atoms. The van der Waals surface area contributed by atoms with Gasteiger partial charge in [-0.05, 0) is 31.2 Å². The minimum Gasteiger partial charge on any atom is -0.352 e. The number of nitrogens with zero attached hydrogens (tertiary/aromatic N) is 1. The molecule has 0 unspecified atom stereocenters. The van der Waals surface area contributed by atoms with Gasteiger partial charge in [-0.25, -0.2) is 8.42 Å².